The fraction of sp³-hybridized carbons (Fsp3) is 0.500. The Balaban J connectivity index is 2.60. The van der Waals surface area contributed by atoms with Crippen LogP contribution in [0.15, 0.2) is 12.2 Å². The van der Waals surface area contributed by atoms with Crippen LogP contribution in [0.1, 0.15) is 20.3 Å². The van der Waals surface area contributed by atoms with Crippen LogP contribution in [0.25, 0.3) is 0 Å². The molecule has 0 aromatic carbocycles. The third-order valence-electron chi connectivity index (χ3n) is 2.16. The lowest BCUT2D eigenvalue weighted by atomic mass is 10.2. The van der Waals surface area contributed by atoms with E-state index < -0.39 is 17.9 Å². The Morgan fingerprint density at radius 3 is 2.40 bits per heavy atom. The zero-order chi connectivity index (χ0) is 11.4. The Bertz CT molecular complexity index is 305. The first-order valence-corrected chi connectivity index (χ1v) is 4.91. The van der Waals surface area contributed by atoms with Gasteiger partial charge in [0.25, 0.3) is 11.8 Å². The normalized spacial score (nSPS) is 17.1. The maximum absolute atomic E-state index is 11.5. The summed E-state index contributed by atoms with van der Waals surface area (Å²) in [5.74, 6) is -1.17. The molecule has 0 aliphatic carbocycles. The van der Waals surface area contributed by atoms with Gasteiger partial charge in [-0.3, -0.25) is 19.3 Å². The van der Waals surface area contributed by atoms with Crippen molar-refractivity contribution in [3.63, 3.8) is 0 Å². The standard InChI is InChI=1S/C10H14N2O3/c1-3-6-11-10(15)7(2)12-8(13)4-5-9(12)14/h4-5,7H,3,6H2,1-2H3,(H,11,15). The zero-order valence-corrected chi connectivity index (χ0v) is 8.82. The lowest BCUT2D eigenvalue weighted by Crippen LogP contribution is -2.48. The van der Waals surface area contributed by atoms with Gasteiger partial charge in [0.1, 0.15) is 6.04 Å². The van der Waals surface area contributed by atoms with Crippen LogP contribution in [0.4, 0.5) is 0 Å². The van der Waals surface area contributed by atoms with Crippen molar-refractivity contribution in [3.8, 4) is 0 Å². The lowest BCUT2D eigenvalue weighted by molar-refractivity contribution is -0.144. The van der Waals surface area contributed by atoms with E-state index in [0.717, 1.165) is 11.3 Å². The molecule has 0 spiro atoms. The first-order chi connectivity index (χ1) is 7.07. The molecule has 0 fully saturated rings. The summed E-state index contributed by atoms with van der Waals surface area (Å²) >= 11 is 0. The Morgan fingerprint density at radius 2 is 1.93 bits per heavy atom. The number of nitrogens with one attached hydrogen (secondary N) is 1. The predicted octanol–water partition coefficient (Wildman–Crippen LogP) is -0.174. The third-order valence-corrected chi connectivity index (χ3v) is 2.16. The van der Waals surface area contributed by atoms with Crippen LogP contribution in [0.2, 0.25) is 0 Å². The number of nitrogens with zero attached hydrogens (tertiary/aromatic N) is 1. The largest absolute Gasteiger partial charge is 0.354 e. The average Bonchev–Trinajstić information content (AvgIpc) is 2.54. The molecule has 0 saturated carbocycles. The smallest absolute Gasteiger partial charge is 0.254 e. The van der Waals surface area contributed by atoms with Crippen molar-refractivity contribution in [2.24, 2.45) is 0 Å². The van der Waals surface area contributed by atoms with Gasteiger partial charge < -0.3 is 5.32 Å². The molecule has 0 saturated heterocycles. The van der Waals surface area contributed by atoms with E-state index in [1.807, 2.05) is 6.92 Å². The van der Waals surface area contributed by atoms with E-state index in [9.17, 15) is 14.4 Å². The van der Waals surface area contributed by atoms with E-state index in [1.54, 1.807) is 0 Å². The molecule has 3 amide bonds. The minimum atomic E-state index is -0.744. The van der Waals surface area contributed by atoms with E-state index in [1.165, 1.54) is 19.1 Å². The molecule has 82 valence electrons. The first-order valence-electron chi connectivity index (χ1n) is 4.91. The van der Waals surface area contributed by atoms with Gasteiger partial charge in [0.05, 0.1) is 0 Å². The number of hydrogen-bond donors (Lipinski definition) is 1. The highest BCUT2D eigenvalue weighted by Gasteiger charge is 2.32. The first kappa shape index (κ1) is 11.4. The van der Waals surface area contributed by atoms with Crippen molar-refractivity contribution in [3.05, 3.63) is 12.2 Å². The summed E-state index contributed by atoms with van der Waals surface area (Å²) in [6.07, 6.45) is 3.16. The molecule has 1 rings (SSSR count). The Labute approximate surface area is 88.1 Å². The monoisotopic (exact) mass is 210 g/mol. The molecule has 0 aromatic rings. The molecule has 1 aliphatic heterocycles. The minimum absolute atomic E-state index is 0.303. The van der Waals surface area contributed by atoms with Crippen LogP contribution >= 0.6 is 0 Å². The number of carbonyl (C=O) groups excluding carboxylic acids is 3. The molecular formula is C10H14N2O3. The number of carbonyl (C=O) groups is 3. The van der Waals surface area contributed by atoms with Gasteiger partial charge in [-0.05, 0) is 13.3 Å². The number of hydrogen-bond acceptors (Lipinski definition) is 3. The summed E-state index contributed by atoms with van der Waals surface area (Å²) in [6, 6.07) is -0.744. The molecule has 1 aliphatic rings. The van der Waals surface area contributed by atoms with Gasteiger partial charge in [0.2, 0.25) is 5.91 Å². The summed E-state index contributed by atoms with van der Waals surface area (Å²) in [4.78, 5) is 34.9. The molecule has 0 aromatic heterocycles. The second-order valence-corrected chi connectivity index (χ2v) is 3.35. The second kappa shape index (κ2) is 4.72. The van der Waals surface area contributed by atoms with E-state index >= 15 is 0 Å². The zero-order valence-electron chi connectivity index (χ0n) is 8.82. The van der Waals surface area contributed by atoms with E-state index in [0.29, 0.717) is 6.54 Å². The molecule has 1 heterocycles. The van der Waals surface area contributed by atoms with Gasteiger partial charge >= 0.3 is 0 Å². The van der Waals surface area contributed by atoms with Crippen LogP contribution in [0, 0.1) is 0 Å². The topological polar surface area (TPSA) is 66.5 Å². The van der Waals surface area contributed by atoms with Crippen LogP contribution in [0.5, 0.6) is 0 Å². The van der Waals surface area contributed by atoms with E-state index in [4.69, 9.17) is 0 Å². The van der Waals surface area contributed by atoms with Crippen LogP contribution in [-0.4, -0.2) is 35.2 Å². The number of rotatable bonds is 4. The summed E-state index contributed by atoms with van der Waals surface area (Å²) in [5, 5.41) is 2.64. The van der Waals surface area contributed by atoms with Crippen LogP contribution in [-0.2, 0) is 14.4 Å². The van der Waals surface area contributed by atoms with E-state index in [2.05, 4.69) is 5.32 Å². The quantitative estimate of drug-likeness (QED) is 0.655. The highest BCUT2D eigenvalue weighted by Crippen LogP contribution is 2.08. The van der Waals surface area contributed by atoms with Gasteiger partial charge in [0, 0.05) is 18.7 Å². The number of amides is 3. The second-order valence-electron chi connectivity index (χ2n) is 3.35. The Morgan fingerprint density at radius 1 is 1.40 bits per heavy atom. The summed E-state index contributed by atoms with van der Waals surface area (Å²) in [6.45, 7) is 4.01. The maximum Gasteiger partial charge on any atom is 0.254 e. The molecule has 15 heavy (non-hydrogen) atoms. The Hall–Kier alpha value is -1.65. The van der Waals surface area contributed by atoms with Crippen molar-refractivity contribution in [2.45, 2.75) is 26.3 Å². The van der Waals surface area contributed by atoms with Gasteiger partial charge in [-0.1, -0.05) is 6.92 Å². The third kappa shape index (κ3) is 2.43. The van der Waals surface area contributed by atoms with Crippen molar-refractivity contribution >= 4 is 17.7 Å². The molecule has 1 N–H and O–H groups in total. The van der Waals surface area contributed by atoms with Crippen molar-refractivity contribution in [2.75, 3.05) is 6.54 Å². The fourth-order valence-corrected chi connectivity index (χ4v) is 1.31. The molecule has 0 radical (unpaired) electrons. The van der Waals surface area contributed by atoms with Gasteiger partial charge in [-0.25, -0.2) is 0 Å². The summed E-state index contributed by atoms with van der Waals surface area (Å²) < 4.78 is 0. The molecule has 0 bridgehead atoms. The summed E-state index contributed by atoms with van der Waals surface area (Å²) in [5.41, 5.74) is 0. The van der Waals surface area contributed by atoms with Gasteiger partial charge in [-0.15, -0.1) is 0 Å². The van der Waals surface area contributed by atoms with Gasteiger partial charge in [0.15, 0.2) is 0 Å². The average molecular weight is 210 g/mol. The Kier molecular flexibility index (Phi) is 3.60. The minimum Gasteiger partial charge on any atom is -0.354 e. The summed E-state index contributed by atoms with van der Waals surface area (Å²) in [7, 11) is 0. The lowest BCUT2D eigenvalue weighted by Gasteiger charge is -2.21. The number of imide groups is 1. The highest BCUT2D eigenvalue weighted by molar-refractivity contribution is 6.15. The van der Waals surface area contributed by atoms with Crippen molar-refractivity contribution < 1.29 is 14.4 Å². The maximum atomic E-state index is 11.5. The van der Waals surface area contributed by atoms with Gasteiger partial charge in [-0.2, -0.15) is 0 Å². The molecule has 5 nitrogen and oxygen atoms in total. The molecular weight excluding hydrogens is 196 g/mol. The van der Waals surface area contributed by atoms with Crippen molar-refractivity contribution in [1.29, 1.82) is 0 Å². The molecule has 1 unspecified atom stereocenters. The molecule has 5 heteroatoms. The SMILES string of the molecule is CCCNC(=O)C(C)N1C(=O)C=CC1=O. The highest BCUT2D eigenvalue weighted by atomic mass is 16.2. The predicted molar refractivity (Wildman–Crippen MR) is 53.8 cm³/mol. The van der Waals surface area contributed by atoms with Crippen molar-refractivity contribution in [1.82, 2.24) is 10.2 Å². The van der Waals surface area contributed by atoms with Crippen LogP contribution < -0.4 is 5.32 Å². The van der Waals surface area contributed by atoms with E-state index in [-0.39, 0.29) is 5.91 Å². The molecule has 1 atom stereocenters. The fourth-order valence-electron chi connectivity index (χ4n) is 1.31. The van der Waals surface area contributed by atoms with Crippen LogP contribution in [0.3, 0.4) is 0 Å².